The van der Waals surface area contributed by atoms with Crippen LogP contribution < -0.4 is 11.3 Å². The maximum atomic E-state index is 12.4. The van der Waals surface area contributed by atoms with Crippen LogP contribution in [0.3, 0.4) is 0 Å². The van der Waals surface area contributed by atoms with E-state index in [0.29, 0.717) is 5.69 Å². The van der Waals surface area contributed by atoms with Crippen LogP contribution in [0.25, 0.3) is 0 Å². The SMILES string of the molecule is CC(C)N(Cc1csc(C(=O)NN)n1)CC(F)(F)F. The van der Waals surface area contributed by atoms with Crippen molar-refractivity contribution in [2.24, 2.45) is 5.84 Å². The van der Waals surface area contributed by atoms with Gasteiger partial charge in [-0.2, -0.15) is 13.2 Å². The molecule has 0 unspecified atom stereocenters. The molecule has 0 saturated carbocycles. The number of nitrogen functional groups attached to an aromatic ring is 1. The van der Waals surface area contributed by atoms with Gasteiger partial charge in [0.05, 0.1) is 12.2 Å². The van der Waals surface area contributed by atoms with E-state index in [9.17, 15) is 18.0 Å². The van der Waals surface area contributed by atoms with Crippen LogP contribution in [0.1, 0.15) is 29.3 Å². The molecule has 3 N–H and O–H groups in total. The molecule has 108 valence electrons. The van der Waals surface area contributed by atoms with Crippen molar-refractivity contribution in [3.63, 3.8) is 0 Å². The molecule has 9 heteroatoms. The highest BCUT2D eigenvalue weighted by Crippen LogP contribution is 2.20. The number of hydrogen-bond donors (Lipinski definition) is 2. The summed E-state index contributed by atoms with van der Waals surface area (Å²) in [6.45, 7) is 2.36. The van der Waals surface area contributed by atoms with Gasteiger partial charge in [-0.05, 0) is 13.8 Å². The quantitative estimate of drug-likeness (QED) is 0.491. The van der Waals surface area contributed by atoms with Crippen molar-refractivity contribution in [2.45, 2.75) is 32.6 Å². The fraction of sp³-hybridized carbons (Fsp3) is 0.600. The van der Waals surface area contributed by atoms with E-state index in [0.717, 1.165) is 11.3 Å². The first-order valence-electron chi connectivity index (χ1n) is 5.49. The van der Waals surface area contributed by atoms with Gasteiger partial charge in [-0.1, -0.05) is 0 Å². The maximum absolute atomic E-state index is 12.4. The number of alkyl halides is 3. The van der Waals surface area contributed by atoms with Gasteiger partial charge in [0.15, 0.2) is 5.01 Å². The lowest BCUT2D eigenvalue weighted by molar-refractivity contribution is -0.151. The Morgan fingerprint density at radius 3 is 2.68 bits per heavy atom. The molecule has 0 spiro atoms. The van der Waals surface area contributed by atoms with E-state index in [1.807, 2.05) is 5.43 Å². The minimum absolute atomic E-state index is 0.0333. The minimum atomic E-state index is -4.27. The Labute approximate surface area is 112 Å². The summed E-state index contributed by atoms with van der Waals surface area (Å²) in [6, 6.07) is -0.282. The standard InChI is InChI=1S/C10H15F3N4OS/c1-6(2)17(5-10(11,12)13)3-7-4-19-9(15-7)8(18)16-14/h4,6H,3,5,14H2,1-2H3,(H,16,18). The van der Waals surface area contributed by atoms with Crippen molar-refractivity contribution < 1.29 is 18.0 Å². The van der Waals surface area contributed by atoms with Crippen molar-refractivity contribution in [1.29, 1.82) is 0 Å². The summed E-state index contributed by atoms with van der Waals surface area (Å²) in [5.41, 5.74) is 2.34. The average Bonchev–Trinajstić information content (AvgIpc) is 2.73. The Hall–Kier alpha value is -1.19. The third kappa shape index (κ3) is 5.13. The number of rotatable bonds is 5. The first kappa shape index (κ1) is 15.9. The predicted molar refractivity (Wildman–Crippen MR) is 65.4 cm³/mol. The normalized spacial score (nSPS) is 12.2. The molecule has 1 aromatic heterocycles. The molecule has 0 bridgehead atoms. The van der Waals surface area contributed by atoms with Crippen molar-refractivity contribution in [2.75, 3.05) is 6.54 Å². The maximum Gasteiger partial charge on any atom is 0.401 e. The van der Waals surface area contributed by atoms with Gasteiger partial charge in [0.25, 0.3) is 5.91 Å². The molecule has 1 amide bonds. The van der Waals surface area contributed by atoms with Crippen LogP contribution in [0.2, 0.25) is 0 Å². The molecule has 5 nitrogen and oxygen atoms in total. The van der Waals surface area contributed by atoms with Crippen LogP contribution in [0.15, 0.2) is 5.38 Å². The van der Waals surface area contributed by atoms with Crippen LogP contribution in [-0.4, -0.2) is 34.6 Å². The zero-order valence-corrected chi connectivity index (χ0v) is 11.3. The summed E-state index contributed by atoms with van der Waals surface area (Å²) < 4.78 is 37.3. The highest BCUT2D eigenvalue weighted by molar-refractivity contribution is 7.11. The number of aromatic nitrogens is 1. The van der Waals surface area contributed by atoms with Gasteiger partial charge in [-0.3, -0.25) is 15.1 Å². The first-order chi connectivity index (χ1) is 8.73. The van der Waals surface area contributed by atoms with Crippen LogP contribution in [0, 0.1) is 0 Å². The Morgan fingerprint density at radius 2 is 2.21 bits per heavy atom. The number of halogens is 3. The first-order valence-corrected chi connectivity index (χ1v) is 6.37. The summed E-state index contributed by atoms with van der Waals surface area (Å²) >= 11 is 1.04. The molecule has 0 atom stereocenters. The van der Waals surface area contributed by atoms with E-state index in [1.165, 1.54) is 4.90 Å². The van der Waals surface area contributed by atoms with Crippen LogP contribution in [0.4, 0.5) is 13.2 Å². The molecule has 1 rings (SSSR count). The molecule has 0 fully saturated rings. The van der Waals surface area contributed by atoms with E-state index in [1.54, 1.807) is 19.2 Å². The number of hydrazine groups is 1. The number of carbonyl (C=O) groups is 1. The highest BCUT2D eigenvalue weighted by Gasteiger charge is 2.32. The van der Waals surface area contributed by atoms with E-state index in [2.05, 4.69) is 4.98 Å². The summed E-state index contributed by atoms with van der Waals surface area (Å²) in [5, 5.41) is 1.68. The molecule has 0 saturated heterocycles. The van der Waals surface area contributed by atoms with Crippen LogP contribution in [0.5, 0.6) is 0 Å². The van der Waals surface area contributed by atoms with Gasteiger partial charge in [0.1, 0.15) is 0 Å². The molecular formula is C10H15F3N4OS. The zero-order valence-electron chi connectivity index (χ0n) is 10.5. The summed E-state index contributed by atoms with van der Waals surface area (Å²) in [6.07, 6.45) is -4.27. The fourth-order valence-electron chi connectivity index (χ4n) is 1.41. The Kier molecular flexibility index (Phi) is 5.27. The number of hydrogen-bond acceptors (Lipinski definition) is 5. The van der Waals surface area contributed by atoms with E-state index in [-0.39, 0.29) is 17.6 Å². The third-order valence-corrected chi connectivity index (χ3v) is 3.24. The van der Waals surface area contributed by atoms with Gasteiger partial charge in [0, 0.05) is 18.0 Å². The van der Waals surface area contributed by atoms with E-state index in [4.69, 9.17) is 5.84 Å². The second-order valence-electron chi connectivity index (χ2n) is 4.23. The molecule has 0 radical (unpaired) electrons. The molecule has 0 aliphatic carbocycles. The van der Waals surface area contributed by atoms with Gasteiger partial charge in [0.2, 0.25) is 0 Å². The number of nitrogens with zero attached hydrogens (tertiary/aromatic N) is 2. The van der Waals surface area contributed by atoms with Crippen molar-refractivity contribution in [3.05, 3.63) is 16.1 Å². The predicted octanol–water partition coefficient (Wildman–Crippen LogP) is 1.52. The van der Waals surface area contributed by atoms with Crippen molar-refractivity contribution >= 4 is 17.2 Å². The van der Waals surface area contributed by atoms with Gasteiger partial charge in [-0.15, -0.1) is 11.3 Å². The minimum Gasteiger partial charge on any atom is -0.288 e. The number of nitrogens with two attached hydrogens (primary N) is 1. The van der Waals surface area contributed by atoms with Gasteiger partial charge < -0.3 is 0 Å². The number of nitrogens with one attached hydrogen (secondary N) is 1. The molecule has 1 heterocycles. The lowest BCUT2D eigenvalue weighted by Gasteiger charge is -2.26. The summed E-state index contributed by atoms with van der Waals surface area (Å²) in [4.78, 5) is 16.4. The summed E-state index contributed by atoms with van der Waals surface area (Å²) in [7, 11) is 0. The monoisotopic (exact) mass is 296 g/mol. The second kappa shape index (κ2) is 6.31. The average molecular weight is 296 g/mol. The second-order valence-corrected chi connectivity index (χ2v) is 5.09. The molecular weight excluding hydrogens is 281 g/mol. The van der Waals surface area contributed by atoms with Crippen molar-refractivity contribution in [1.82, 2.24) is 15.3 Å². The van der Waals surface area contributed by atoms with E-state index < -0.39 is 18.6 Å². The molecule has 19 heavy (non-hydrogen) atoms. The van der Waals surface area contributed by atoms with Crippen LogP contribution >= 0.6 is 11.3 Å². The number of carbonyl (C=O) groups excluding carboxylic acids is 1. The van der Waals surface area contributed by atoms with Crippen LogP contribution in [-0.2, 0) is 6.54 Å². The highest BCUT2D eigenvalue weighted by atomic mass is 32.1. The summed E-state index contributed by atoms with van der Waals surface area (Å²) in [5.74, 6) is 4.40. The Bertz CT molecular complexity index is 433. The molecule has 0 aliphatic rings. The third-order valence-electron chi connectivity index (χ3n) is 2.35. The largest absolute Gasteiger partial charge is 0.401 e. The lowest BCUT2D eigenvalue weighted by Crippen LogP contribution is -2.38. The Morgan fingerprint density at radius 1 is 1.58 bits per heavy atom. The smallest absolute Gasteiger partial charge is 0.288 e. The zero-order chi connectivity index (χ0) is 14.6. The fourth-order valence-corrected chi connectivity index (χ4v) is 2.12. The molecule has 1 aromatic rings. The lowest BCUT2D eigenvalue weighted by atomic mass is 10.3. The number of thiazole rings is 1. The topological polar surface area (TPSA) is 71.2 Å². The van der Waals surface area contributed by atoms with Gasteiger partial charge >= 0.3 is 6.18 Å². The molecule has 0 aliphatic heterocycles. The van der Waals surface area contributed by atoms with Gasteiger partial charge in [-0.25, -0.2) is 10.8 Å². The van der Waals surface area contributed by atoms with E-state index >= 15 is 0 Å². The molecule has 0 aromatic carbocycles. The number of amides is 1. The van der Waals surface area contributed by atoms with Crippen molar-refractivity contribution in [3.8, 4) is 0 Å². The Balaban J connectivity index is 2.74.